The maximum absolute atomic E-state index is 12.2. The van der Waals surface area contributed by atoms with Gasteiger partial charge < -0.3 is 14.8 Å². The summed E-state index contributed by atoms with van der Waals surface area (Å²) in [6.07, 6.45) is 0. The average Bonchev–Trinajstić information content (AvgIpc) is 2.62. The van der Waals surface area contributed by atoms with E-state index in [4.69, 9.17) is 9.47 Å². The molecular weight excluding hydrogens is 322 g/mol. The minimum atomic E-state index is -0.716. The number of hydrogen-bond acceptors (Lipinski definition) is 5. The minimum absolute atomic E-state index is 0.282. The van der Waals surface area contributed by atoms with Gasteiger partial charge in [0.2, 0.25) is 5.91 Å². The topological polar surface area (TPSA) is 82.5 Å². The van der Waals surface area contributed by atoms with E-state index in [-0.39, 0.29) is 11.5 Å². The van der Waals surface area contributed by atoms with Crippen LogP contribution in [0.2, 0.25) is 0 Å². The van der Waals surface area contributed by atoms with Crippen LogP contribution >= 0.6 is 0 Å². The molecule has 7 nitrogen and oxygen atoms in total. The van der Waals surface area contributed by atoms with E-state index < -0.39 is 6.04 Å². The third-order valence-corrected chi connectivity index (χ3v) is 3.64. The first-order chi connectivity index (χ1) is 12.1. The zero-order valence-corrected chi connectivity index (χ0v) is 14.7. The Balaban J connectivity index is 2.21. The Bertz CT molecular complexity index is 756. The Morgan fingerprint density at radius 2 is 1.96 bits per heavy atom. The van der Waals surface area contributed by atoms with Crippen LogP contribution in [-0.4, -0.2) is 42.6 Å². The highest BCUT2D eigenvalue weighted by Gasteiger charge is 2.17. The van der Waals surface area contributed by atoms with Gasteiger partial charge in [0.25, 0.3) is 5.56 Å². The van der Waals surface area contributed by atoms with Gasteiger partial charge in [-0.1, -0.05) is 0 Å². The molecule has 1 heterocycles. The van der Waals surface area contributed by atoms with Crippen LogP contribution in [0.4, 0.5) is 0 Å². The van der Waals surface area contributed by atoms with Crippen molar-refractivity contribution in [1.82, 2.24) is 15.1 Å². The second kappa shape index (κ2) is 8.98. The van der Waals surface area contributed by atoms with Crippen molar-refractivity contribution in [3.05, 3.63) is 46.8 Å². The summed E-state index contributed by atoms with van der Waals surface area (Å²) in [7, 11) is 1.56. The van der Waals surface area contributed by atoms with E-state index in [1.165, 1.54) is 10.7 Å². The lowest BCUT2D eigenvalue weighted by Gasteiger charge is -2.15. The molecule has 25 heavy (non-hydrogen) atoms. The van der Waals surface area contributed by atoms with E-state index in [0.29, 0.717) is 25.5 Å². The fourth-order valence-electron chi connectivity index (χ4n) is 2.28. The van der Waals surface area contributed by atoms with Crippen LogP contribution in [0.5, 0.6) is 5.75 Å². The number of nitrogens with zero attached hydrogens (tertiary/aromatic N) is 2. The molecule has 0 fully saturated rings. The lowest BCUT2D eigenvalue weighted by atomic mass is 10.1. The molecule has 0 bridgehead atoms. The van der Waals surface area contributed by atoms with E-state index in [1.807, 2.05) is 31.2 Å². The highest BCUT2D eigenvalue weighted by Crippen LogP contribution is 2.20. The molecule has 0 aliphatic carbocycles. The molecule has 0 radical (unpaired) electrons. The van der Waals surface area contributed by atoms with Gasteiger partial charge in [-0.2, -0.15) is 5.10 Å². The van der Waals surface area contributed by atoms with Gasteiger partial charge in [0.1, 0.15) is 11.8 Å². The molecule has 7 heteroatoms. The van der Waals surface area contributed by atoms with E-state index in [1.54, 1.807) is 20.1 Å². The smallest absolute Gasteiger partial charge is 0.267 e. The molecule has 0 saturated carbocycles. The third kappa shape index (κ3) is 4.90. The summed E-state index contributed by atoms with van der Waals surface area (Å²) in [5.74, 6) is 0.487. The van der Waals surface area contributed by atoms with Crippen molar-refractivity contribution in [2.24, 2.45) is 0 Å². The van der Waals surface area contributed by atoms with Crippen molar-refractivity contribution in [2.75, 3.05) is 26.9 Å². The summed E-state index contributed by atoms with van der Waals surface area (Å²) in [6, 6.07) is 9.76. The van der Waals surface area contributed by atoms with Crippen molar-refractivity contribution < 1.29 is 14.3 Å². The Morgan fingerprint density at radius 1 is 1.24 bits per heavy atom. The Kier molecular flexibility index (Phi) is 6.71. The third-order valence-electron chi connectivity index (χ3n) is 3.64. The van der Waals surface area contributed by atoms with Gasteiger partial charge in [0.05, 0.1) is 18.9 Å². The van der Waals surface area contributed by atoms with Gasteiger partial charge in [-0.15, -0.1) is 0 Å². The second-order valence-corrected chi connectivity index (χ2v) is 5.42. The van der Waals surface area contributed by atoms with E-state index in [2.05, 4.69) is 10.4 Å². The van der Waals surface area contributed by atoms with Gasteiger partial charge in [-0.25, -0.2) is 4.68 Å². The lowest BCUT2D eigenvalue weighted by Crippen LogP contribution is -2.38. The quantitative estimate of drug-likeness (QED) is 0.736. The van der Waals surface area contributed by atoms with Gasteiger partial charge in [-0.05, 0) is 44.2 Å². The number of methoxy groups -OCH3 is 1. The highest BCUT2D eigenvalue weighted by molar-refractivity contribution is 5.79. The Morgan fingerprint density at radius 3 is 2.60 bits per heavy atom. The average molecular weight is 345 g/mol. The largest absolute Gasteiger partial charge is 0.494 e. The van der Waals surface area contributed by atoms with Crippen LogP contribution < -0.4 is 15.6 Å². The molecule has 0 aliphatic heterocycles. The molecule has 0 spiro atoms. The van der Waals surface area contributed by atoms with E-state index >= 15 is 0 Å². The fourth-order valence-corrected chi connectivity index (χ4v) is 2.28. The van der Waals surface area contributed by atoms with Crippen LogP contribution in [-0.2, 0) is 9.53 Å². The monoisotopic (exact) mass is 345 g/mol. The molecule has 2 aromatic rings. The predicted octanol–water partition coefficient (Wildman–Crippen LogP) is 1.63. The molecule has 1 atom stereocenters. The maximum Gasteiger partial charge on any atom is 0.267 e. The van der Waals surface area contributed by atoms with Crippen LogP contribution in [0.3, 0.4) is 0 Å². The molecule has 1 amide bonds. The summed E-state index contributed by atoms with van der Waals surface area (Å²) in [5.41, 5.74) is 1.12. The number of ether oxygens (including phenoxy) is 2. The number of amides is 1. The standard InChI is InChI=1S/C18H23N3O4/c1-4-25-15-7-5-14(6-8-15)16-9-10-17(22)21(20-16)13(2)18(23)19-11-12-24-3/h5-10,13H,4,11-12H2,1-3H3,(H,19,23). The first-order valence-corrected chi connectivity index (χ1v) is 8.16. The number of rotatable bonds is 8. The van der Waals surface area contributed by atoms with Gasteiger partial charge in [0, 0.05) is 25.3 Å². The summed E-state index contributed by atoms with van der Waals surface area (Å²) >= 11 is 0. The van der Waals surface area contributed by atoms with Gasteiger partial charge in [0.15, 0.2) is 0 Å². The predicted molar refractivity (Wildman–Crippen MR) is 94.7 cm³/mol. The van der Waals surface area contributed by atoms with Crippen molar-refractivity contribution >= 4 is 5.91 Å². The SMILES string of the molecule is CCOc1ccc(-c2ccc(=O)n(C(C)C(=O)NCCOC)n2)cc1. The molecule has 1 unspecified atom stereocenters. The number of nitrogens with one attached hydrogen (secondary N) is 1. The van der Waals surface area contributed by atoms with E-state index in [0.717, 1.165) is 11.3 Å². The number of carbonyl (C=O) groups excluding carboxylic acids is 1. The molecule has 0 saturated heterocycles. The van der Waals surface area contributed by atoms with Crippen LogP contribution in [0.1, 0.15) is 19.9 Å². The van der Waals surface area contributed by atoms with Crippen molar-refractivity contribution in [3.8, 4) is 17.0 Å². The molecule has 1 aromatic carbocycles. The molecule has 1 aromatic heterocycles. The maximum atomic E-state index is 12.2. The Hall–Kier alpha value is -2.67. The lowest BCUT2D eigenvalue weighted by molar-refractivity contribution is -0.124. The summed E-state index contributed by atoms with van der Waals surface area (Å²) in [5, 5.41) is 7.05. The number of benzene rings is 1. The van der Waals surface area contributed by atoms with E-state index in [9.17, 15) is 9.59 Å². The van der Waals surface area contributed by atoms with Gasteiger partial charge in [-0.3, -0.25) is 9.59 Å². The fraction of sp³-hybridized carbons (Fsp3) is 0.389. The first-order valence-electron chi connectivity index (χ1n) is 8.16. The zero-order chi connectivity index (χ0) is 18.2. The molecule has 0 aliphatic rings. The number of hydrogen-bond donors (Lipinski definition) is 1. The molecule has 1 N–H and O–H groups in total. The van der Waals surface area contributed by atoms with Crippen molar-refractivity contribution in [3.63, 3.8) is 0 Å². The van der Waals surface area contributed by atoms with Crippen LogP contribution in [0.25, 0.3) is 11.3 Å². The first kappa shape index (κ1) is 18.7. The second-order valence-electron chi connectivity index (χ2n) is 5.42. The number of carbonyl (C=O) groups is 1. The summed E-state index contributed by atoms with van der Waals surface area (Å²) in [4.78, 5) is 24.2. The molecule has 134 valence electrons. The van der Waals surface area contributed by atoms with Crippen LogP contribution in [0.15, 0.2) is 41.2 Å². The van der Waals surface area contributed by atoms with Crippen molar-refractivity contribution in [1.29, 1.82) is 0 Å². The molecular formula is C18H23N3O4. The van der Waals surface area contributed by atoms with Crippen molar-refractivity contribution in [2.45, 2.75) is 19.9 Å². The molecule has 2 rings (SSSR count). The Labute approximate surface area is 146 Å². The summed E-state index contributed by atoms with van der Waals surface area (Å²) in [6.45, 7) is 4.95. The van der Waals surface area contributed by atoms with Gasteiger partial charge >= 0.3 is 0 Å². The normalized spacial score (nSPS) is 11.8. The van der Waals surface area contributed by atoms with Crippen LogP contribution in [0, 0.1) is 0 Å². The minimum Gasteiger partial charge on any atom is -0.494 e. The summed E-state index contributed by atoms with van der Waals surface area (Å²) < 4.78 is 11.5. The number of aromatic nitrogens is 2. The zero-order valence-electron chi connectivity index (χ0n) is 14.7. The highest BCUT2D eigenvalue weighted by atomic mass is 16.5.